The van der Waals surface area contributed by atoms with Crippen molar-refractivity contribution in [2.75, 3.05) is 46.0 Å². The predicted molar refractivity (Wildman–Crippen MR) is 126 cm³/mol. The number of aliphatic imine (C=N–C) groups is 1. The highest BCUT2D eigenvalue weighted by Gasteiger charge is 2.34. The molecule has 4 N–H and O–H groups in total. The number of nitrogens with zero attached hydrogens (tertiary/aromatic N) is 1. The Bertz CT molecular complexity index is 758. The molecule has 0 radical (unpaired) electrons. The minimum absolute atomic E-state index is 0. The Morgan fingerprint density at radius 1 is 1.34 bits per heavy atom. The molecule has 1 aliphatic rings. The number of sulfonamides is 1. The zero-order valence-electron chi connectivity index (χ0n) is 16.5. The predicted octanol–water partition coefficient (Wildman–Crippen LogP) is 1.58. The summed E-state index contributed by atoms with van der Waals surface area (Å²) in [5.74, 6) is 0.605. The monoisotopic (exact) mass is 560 g/mol. The molecule has 0 amide bonds. The van der Waals surface area contributed by atoms with Crippen LogP contribution >= 0.6 is 35.6 Å². The lowest BCUT2D eigenvalue weighted by molar-refractivity contribution is 0.131. The van der Waals surface area contributed by atoms with E-state index in [4.69, 9.17) is 16.3 Å². The van der Waals surface area contributed by atoms with Gasteiger partial charge >= 0.3 is 0 Å². The quantitative estimate of drug-likeness (QED) is 0.150. The van der Waals surface area contributed by atoms with E-state index in [9.17, 15) is 13.5 Å². The molecule has 1 unspecified atom stereocenters. The van der Waals surface area contributed by atoms with Crippen molar-refractivity contribution in [2.24, 2.45) is 10.4 Å². The second-order valence-electron chi connectivity index (χ2n) is 6.75. The molecule has 1 aromatic rings. The van der Waals surface area contributed by atoms with E-state index in [2.05, 4.69) is 20.3 Å². The van der Waals surface area contributed by atoms with Gasteiger partial charge in [-0.15, -0.1) is 24.0 Å². The maximum atomic E-state index is 12.3. The van der Waals surface area contributed by atoms with Gasteiger partial charge in [-0.3, -0.25) is 4.99 Å². The summed E-state index contributed by atoms with van der Waals surface area (Å²) in [4.78, 5) is 4.73. The SMILES string of the molecule is CCNC(=NCC1(CCO)CCOC1)NCCNS(=O)(=O)c1cccc(Cl)c1.I. The normalized spacial score (nSPS) is 19.6. The van der Waals surface area contributed by atoms with Crippen molar-refractivity contribution in [3.8, 4) is 0 Å². The smallest absolute Gasteiger partial charge is 0.240 e. The Morgan fingerprint density at radius 2 is 2.14 bits per heavy atom. The Balaban J connectivity index is 0.00000420. The molecule has 1 saturated heterocycles. The van der Waals surface area contributed by atoms with Crippen molar-refractivity contribution in [3.05, 3.63) is 29.3 Å². The fraction of sp³-hybridized carbons (Fsp3) is 0.611. The molecular weight excluding hydrogens is 531 g/mol. The number of aliphatic hydroxyl groups is 1. The van der Waals surface area contributed by atoms with E-state index < -0.39 is 10.0 Å². The molecule has 1 aliphatic heterocycles. The van der Waals surface area contributed by atoms with E-state index >= 15 is 0 Å². The Morgan fingerprint density at radius 3 is 2.76 bits per heavy atom. The lowest BCUT2D eigenvalue weighted by atomic mass is 9.84. The van der Waals surface area contributed by atoms with Gasteiger partial charge in [-0.25, -0.2) is 13.1 Å². The van der Waals surface area contributed by atoms with Crippen molar-refractivity contribution in [1.29, 1.82) is 0 Å². The first kappa shape index (κ1) is 26.4. The number of hydrogen-bond acceptors (Lipinski definition) is 5. The van der Waals surface area contributed by atoms with E-state index in [1.54, 1.807) is 12.1 Å². The molecule has 0 spiro atoms. The van der Waals surface area contributed by atoms with Gasteiger partial charge < -0.3 is 20.5 Å². The minimum Gasteiger partial charge on any atom is -0.396 e. The van der Waals surface area contributed by atoms with Crippen molar-refractivity contribution < 1.29 is 18.3 Å². The molecule has 2 rings (SSSR count). The fourth-order valence-electron chi connectivity index (χ4n) is 2.96. The van der Waals surface area contributed by atoms with Gasteiger partial charge in [0, 0.05) is 43.3 Å². The summed E-state index contributed by atoms with van der Waals surface area (Å²) in [5.41, 5.74) is -0.134. The first-order chi connectivity index (χ1) is 13.4. The first-order valence-corrected chi connectivity index (χ1v) is 11.2. The summed E-state index contributed by atoms with van der Waals surface area (Å²) in [5, 5.41) is 15.9. The third-order valence-corrected chi connectivity index (χ3v) is 6.25. The maximum Gasteiger partial charge on any atom is 0.240 e. The summed E-state index contributed by atoms with van der Waals surface area (Å²) in [6.45, 7) is 5.13. The summed E-state index contributed by atoms with van der Waals surface area (Å²) in [6, 6.07) is 6.13. The highest BCUT2D eigenvalue weighted by molar-refractivity contribution is 14.0. The number of nitrogens with one attached hydrogen (secondary N) is 3. The van der Waals surface area contributed by atoms with Crippen LogP contribution in [0, 0.1) is 5.41 Å². The summed E-state index contributed by atoms with van der Waals surface area (Å²) in [6.07, 6.45) is 1.52. The molecular formula is C18H30ClIN4O4S. The van der Waals surface area contributed by atoms with Gasteiger partial charge in [-0.1, -0.05) is 17.7 Å². The van der Waals surface area contributed by atoms with Gasteiger partial charge in [0.1, 0.15) is 0 Å². The van der Waals surface area contributed by atoms with Crippen LogP contribution in [0.1, 0.15) is 19.8 Å². The number of halogens is 2. The molecule has 8 nitrogen and oxygen atoms in total. The number of ether oxygens (including phenoxy) is 1. The van der Waals surface area contributed by atoms with E-state index in [-0.39, 0.29) is 47.4 Å². The number of aliphatic hydroxyl groups excluding tert-OH is 1. The fourth-order valence-corrected chi connectivity index (χ4v) is 4.29. The van der Waals surface area contributed by atoms with Crippen LogP contribution in [-0.2, 0) is 14.8 Å². The Labute approximate surface area is 194 Å². The zero-order valence-corrected chi connectivity index (χ0v) is 20.4. The van der Waals surface area contributed by atoms with Crippen molar-refractivity contribution in [1.82, 2.24) is 15.4 Å². The van der Waals surface area contributed by atoms with Crippen molar-refractivity contribution in [3.63, 3.8) is 0 Å². The highest BCUT2D eigenvalue weighted by atomic mass is 127. The van der Waals surface area contributed by atoms with Crippen LogP contribution in [0.3, 0.4) is 0 Å². The average molecular weight is 561 g/mol. The molecule has 11 heteroatoms. The van der Waals surface area contributed by atoms with Gasteiger partial charge in [-0.2, -0.15) is 0 Å². The number of rotatable bonds is 10. The molecule has 1 heterocycles. The molecule has 29 heavy (non-hydrogen) atoms. The number of hydrogen-bond donors (Lipinski definition) is 4. The molecule has 1 aromatic carbocycles. The maximum absolute atomic E-state index is 12.3. The van der Waals surface area contributed by atoms with Crippen molar-refractivity contribution in [2.45, 2.75) is 24.7 Å². The number of guanidine groups is 1. The summed E-state index contributed by atoms with van der Waals surface area (Å²) >= 11 is 5.86. The molecule has 1 atom stereocenters. The van der Waals surface area contributed by atoms with Crippen LogP contribution in [0.2, 0.25) is 5.02 Å². The van der Waals surface area contributed by atoms with Crippen LogP contribution in [0.25, 0.3) is 0 Å². The molecule has 1 fully saturated rings. The van der Waals surface area contributed by atoms with Crippen LogP contribution in [-0.4, -0.2) is 65.5 Å². The second kappa shape index (κ2) is 12.9. The lowest BCUT2D eigenvalue weighted by Crippen LogP contribution is -2.42. The zero-order chi connectivity index (χ0) is 20.5. The van der Waals surface area contributed by atoms with Gasteiger partial charge in [0.25, 0.3) is 0 Å². The van der Waals surface area contributed by atoms with Crippen molar-refractivity contribution >= 4 is 51.6 Å². The van der Waals surface area contributed by atoms with E-state index in [0.717, 1.165) is 6.42 Å². The lowest BCUT2D eigenvalue weighted by Gasteiger charge is -2.24. The van der Waals surface area contributed by atoms with Crippen LogP contribution in [0.4, 0.5) is 0 Å². The Kier molecular flexibility index (Phi) is 11.7. The molecule has 0 saturated carbocycles. The van der Waals surface area contributed by atoms with Crippen LogP contribution in [0.15, 0.2) is 34.2 Å². The topological polar surface area (TPSA) is 112 Å². The van der Waals surface area contributed by atoms with Crippen LogP contribution in [0.5, 0.6) is 0 Å². The third kappa shape index (κ3) is 8.54. The molecule has 0 bridgehead atoms. The van der Waals surface area contributed by atoms with Gasteiger partial charge in [0.05, 0.1) is 18.0 Å². The standard InChI is InChI=1S/C18H29ClN4O4S.HI/c1-2-20-17(22-13-18(6-10-24)7-11-27-14-18)21-8-9-23-28(25,26)16-5-3-4-15(19)12-16;/h3-5,12,23-24H,2,6-11,13-14H2,1H3,(H2,20,21,22);1H. The second-order valence-corrected chi connectivity index (χ2v) is 8.96. The minimum atomic E-state index is -3.61. The number of benzene rings is 1. The van der Waals surface area contributed by atoms with Crippen LogP contribution < -0.4 is 15.4 Å². The Hall–Kier alpha value is -0.660. The summed E-state index contributed by atoms with van der Waals surface area (Å²) in [7, 11) is -3.61. The third-order valence-electron chi connectivity index (χ3n) is 4.56. The molecule has 166 valence electrons. The highest BCUT2D eigenvalue weighted by Crippen LogP contribution is 2.32. The summed E-state index contributed by atoms with van der Waals surface area (Å²) < 4.78 is 32.6. The molecule has 0 aliphatic carbocycles. The van der Waals surface area contributed by atoms with E-state index in [1.807, 2.05) is 6.92 Å². The molecule has 0 aromatic heterocycles. The first-order valence-electron chi connectivity index (χ1n) is 9.37. The van der Waals surface area contributed by atoms with Gasteiger partial charge in [-0.05, 0) is 38.0 Å². The van der Waals surface area contributed by atoms with Gasteiger partial charge in [0.15, 0.2) is 5.96 Å². The van der Waals surface area contributed by atoms with E-state index in [1.165, 1.54) is 12.1 Å². The van der Waals surface area contributed by atoms with Gasteiger partial charge in [0.2, 0.25) is 10.0 Å². The van der Waals surface area contributed by atoms with E-state index in [0.29, 0.717) is 50.3 Å². The average Bonchev–Trinajstić information content (AvgIpc) is 3.12. The largest absolute Gasteiger partial charge is 0.396 e.